The first-order valence-corrected chi connectivity index (χ1v) is 6.78. The number of hydrogen-bond acceptors (Lipinski definition) is 1. The minimum Gasteiger partial charge on any atom is -0.511 e. The highest BCUT2D eigenvalue weighted by Crippen LogP contribution is 2.50. The first kappa shape index (κ1) is 11.2. The average Bonchev–Trinajstić information content (AvgIpc) is 3.07. The van der Waals surface area contributed by atoms with Gasteiger partial charge in [0.1, 0.15) is 5.76 Å². The van der Waals surface area contributed by atoms with Gasteiger partial charge in [-0.15, -0.1) is 0 Å². The number of benzene rings is 1. The van der Waals surface area contributed by atoms with E-state index in [2.05, 4.69) is 12.1 Å². The van der Waals surface area contributed by atoms with Crippen LogP contribution in [0.3, 0.4) is 0 Å². The van der Waals surface area contributed by atoms with Crippen molar-refractivity contribution >= 4 is 11.6 Å². The van der Waals surface area contributed by atoms with Crippen molar-refractivity contribution in [3.63, 3.8) is 0 Å². The zero-order valence-electron chi connectivity index (χ0n) is 9.88. The second kappa shape index (κ2) is 4.06. The molecule has 0 amide bonds. The lowest BCUT2D eigenvalue weighted by Crippen LogP contribution is -2.25. The molecular weight excluding hydrogens is 232 g/mol. The van der Waals surface area contributed by atoms with E-state index in [1.807, 2.05) is 12.1 Å². The van der Waals surface area contributed by atoms with Crippen LogP contribution in [0.15, 0.2) is 35.6 Å². The molecule has 0 spiro atoms. The molecule has 0 unspecified atom stereocenters. The van der Waals surface area contributed by atoms with Gasteiger partial charge in [0.05, 0.1) is 5.41 Å². The summed E-state index contributed by atoms with van der Waals surface area (Å²) in [6.45, 7) is 0. The van der Waals surface area contributed by atoms with Crippen LogP contribution in [0.4, 0.5) is 0 Å². The van der Waals surface area contributed by atoms with E-state index in [1.54, 1.807) is 0 Å². The Morgan fingerprint density at radius 3 is 2.18 bits per heavy atom. The van der Waals surface area contributed by atoms with Crippen LogP contribution in [0, 0.1) is 0 Å². The molecule has 2 fully saturated rings. The Morgan fingerprint density at radius 1 is 1.06 bits per heavy atom. The maximum atomic E-state index is 10.5. The van der Waals surface area contributed by atoms with Crippen molar-refractivity contribution in [2.45, 2.75) is 43.9 Å². The molecule has 2 heteroatoms. The molecule has 1 aromatic rings. The summed E-state index contributed by atoms with van der Waals surface area (Å²) < 4.78 is 0. The van der Waals surface area contributed by atoms with Gasteiger partial charge in [-0.3, -0.25) is 0 Å². The Kier molecular flexibility index (Phi) is 2.67. The van der Waals surface area contributed by atoms with Crippen LogP contribution in [-0.2, 0) is 5.41 Å². The lowest BCUT2D eigenvalue weighted by molar-refractivity contribution is 0.292. The van der Waals surface area contributed by atoms with Crippen molar-refractivity contribution < 1.29 is 5.11 Å². The monoisotopic (exact) mass is 248 g/mol. The number of halogens is 1. The van der Waals surface area contributed by atoms with Crippen LogP contribution in [0.2, 0.25) is 5.02 Å². The molecule has 0 bridgehead atoms. The van der Waals surface area contributed by atoms with Crippen LogP contribution in [0.5, 0.6) is 0 Å². The Balaban J connectivity index is 2.05. The molecule has 0 aromatic heterocycles. The highest BCUT2D eigenvalue weighted by molar-refractivity contribution is 6.30. The Bertz CT molecular complexity index is 446. The summed E-state index contributed by atoms with van der Waals surface area (Å²) in [6.07, 6.45) is 6.73. The van der Waals surface area contributed by atoms with E-state index >= 15 is 0 Å². The highest BCUT2D eigenvalue weighted by atomic mass is 35.5. The van der Waals surface area contributed by atoms with E-state index < -0.39 is 0 Å². The van der Waals surface area contributed by atoms with E-state index in [4.69, 9.17) is 11.6 Å². The van der Waals surface area contributed by atoms with Gasteiger partial charge in [-0.25, -0.2) is 0 Å². The first-order chi connectivity index (χ1) is 8.22. The predicted octanol–water partition coefficient (Wildman–Crippen LogP) is 4.76. The minimum absolute atomic E-state index is 0.101. The summed E-state index contributed by atoms with van der Waals surface area (Å²) in [4.78, 5) is 0. The van der Waals surface area contributed by atoms with Crippen molar-refractivity contribution in [3.8, 4) is 0 Å². The Morgan fingerprint density at radius 2 is 1.65 bits per heavy atom. The van der Waals surface area contributed by atoms with Crippen LogP contribution >= 0.6 is 11.6 Å². The molecule has 2 aliphatic rings. The van der Waals surface area contributed by atoms with Gasteiger partial charge in [-0.2, -0.15) is 0 Å². The maximum Gasteiger partial charge on any atom is 0.102 e. The van der Waals surface area contributed by atoms with Gasteiger partial charge >= 0.3 is 0 Å². The maximum absolute atomic E-state index is 10.5. The van der Waals surface area contributed by atoms with Gasteiger partial charge < -0.3 is 5.11 Å². The van der Waals surface area contributed by atoms with E-state index in [0.29, 0.717) is 5.76 Å². The molecule has 2 saturated carbocycles. The third-order valence-corrected chi connectivity index (χ3v) is 4.39. The molecular formula is C15H17ClO. The van der Waals surface area contributed by atoms with E-state index in [0.717, 1.165) is 30.7 Å². The van der Waals surface area contributed by atoms with Crippen LogP contribution in [-0.4, -0.2) is 5.11 Å². The highest BCUT2D eigenvalue weighted by Gasteiger charge is 2.42. The minimum atomic E-state index is -0.101. The molecule has 1 N–H and O–H groups in total. The topological polar surface area (TPSA) is 20.2 Å². The molecule has 2 aliphatic carbocycles. The van der Waals surface area contributed by atoms with E-state index in [-0.39, 0.29) is 5.41 Å². The van der Waals surface area contributed by atoms with E-state index in [9.17, 15) is 5.11 Å². The summed E-state index contributed by atoms with van der Waals surface area (Å²) in [5.41, 5.74) is 2.40. The molecule has 0 atom stereocenters. The number of allylic oxidation sites excluding steroid dienone is 2. The standard InChI is InChI=1S/C15H17ClO/c16-13-7-5-12(6-8-13)15(9-1-2-10-15)14(17)11-3-4-11/h5-8,17H,1-4,9-10H2. The fourth-order valence-electron chi connectivity index (χ4n) is 3.05. The van der Waals surface area contributed by atoms with Crippen molar-refractivity contribution in [2.75, 3.05) is 0 Å². The van der Waals surface area contributed by atoms with Crippen molar-refractivity contribution in [1.29, 1.82) is 0 Å². The Hall–Kier alpha value is -0.950. The van der Waals surface area contributed by atoms with Gasteiger partial charge in [0.15, 0.2) is 0 Å². The smallest absolute Gasteiger partial charge is 0.102 e. The van der Waals surface area contributed by atoms with Gasteiger partial charge in [0.2, 0.25) is 0 Å². The molecule has 17 heavy (non-hydrogen) atoms. The Labute approximate surface area is 107 Å². The molecule has 0 radical (unpaired) electrons. The summed E-state index contributed by atoms with van der Waals surface area (Å²) >= 11 is 5.94. The normalized spacial score (nSPS) is 21.6. The van der Waals surface area contributed by atoms with Crippen molar-refractivity contribution in [1.82, 2.24) is 0 Å². The largest absolute Gasteiger partial charge is 0.511 e. The van der Waals surface area contributed by atoms with Crippen molar-refractivity contribution in [3.05, 3.63) is 46.2 Å². The molecule has 0 heterocycles. The second-order valence-electron chi connectivity index (χ2n) is 5.25. The summed E-state index contributed by atoms with van der Waals surface area (Å²) in [5, 5.41) is 11.3. The third-order valence-electron chi connectivity index (χ3n) is 4.14. The fraction of sp³-hybridized carbons (Fsp3) is 0.467. The molecule has 1 nitrogen and oxygen atoms in total. The van der Waals surface area contributed by atoms with E-state index in [1.165, 1.54) is 24.0 Å². The third kappa shape index (κ3) is 1.87. The van der Waals surface area contributed by atoms with Gasteiger partial charge in [0.25, 0.3) is 0 Å². The molecule has 1 aromatic carbocycles. The van der Waals surface area contributed by atoms with Crippen LogP contribution in [0.25, 0.3) is 0 Å². The summed E-state index contributed by atoms with van der Waals surface area (Å²) in [7, 11) is 0. The quantitative estimate of drug-likeness (QED) is 0.749. The zero-order valence-corrected chi connectivity index (χ0v) is 10.6. The van der Waals surface area contributed by atoms with Crippen molar-refractivity contribution in [2.24, 2.45) is 0 Å². The van der Waals surface area contributed by atoms with Gasteiger partial charge in [-0.1, -0.05) is 36.6 Å². The second-order valence-corrected chi connectivity index (χ2v) is 5.68. The number of rotatable bonds is 2. The zero-order chi connectivity index (χ0) is 11.9. The first-order valence-electron chi connectivity index (χ1n) is 6.40. The predicted molar refractivity (Wildman–Crippen MR) is 70.5 cm³/mol. The van der Waals surface area contributed by atoms with Gasteiger partial charge in [0, 0.05) is 5.02 Å². The SMILES string of the molecule is OC(=C1CC1)C1(c2ccc(Cl)cc2)CCCC1. The van der Waals surface area contributed by atoms with Crippen LogP contribution < -0.4 is 0 Å². The lowest BCUT2D eigenvalue weighted by Gasteiger charge is -2.29. The van der Waals surface area contributed by atoms with Gasteiger partial charge in [-0.05, 0) is 49.0 Å². The lowest BCUT2D eigenvalue weighted by atomic mass is 9.76. The average molecular weight is 249 g/mol. The number of aliphatic hydroxyl groups excluding tert-OH is 1. The number of aliphatic hydroxyl groups is 1. The van der Waals surface area contributed by atoms with Crippen LogP contribution in [0.1, 0.15) is 44.1 Å². The molecule has 0 saturated heterocycles. The summed E-state index contributed by atoms with van der Waals surface area (Å²) in [6, 6.07) is 8.02. The number of hydrogen-bond donors (Lipinski definition) is 1. The summed E-state index contributed by atoms with van der Waals surface area (Å²) in [5.74, 6) is 0.664. The molecule has 3 rings (SSSR count). The fourth-order valence-corrected chi connectivity index (χ4v) is 3.17. The molecule has 90 valence electrons. The molecule has 0 aliphatic heterocycles.